The van der Waals surface area contributed by atoms with Gasteiger partial charge >= 0.3 is 24.2 Å². The number of nitrogens with zero attached hydrogens (tertiary/aromatic N) is 3. The minimum Gasteiger partial charge on any atom is -0.467 e. The van der Waals surface area contributed by atoms with E-state index < -0.39 is 108 Å². The zero-order chi connectivity index (χ0) is 73.1. The summed E-state index contributed by atoms with van der Waals surface area (Å²) in [6.07, 6.45) is 0.162. The second-order valence-corrected chi connectivity index (χ2v) is 27.5. The van der Waals surface area contributed by atoms with Crippen LogP contribution in [0.1, 0.15) is 145 Å². The summed E-state index contributed by atoms with van der Waals surface area (Å²) in [6, 6.07) is 16.6. The minimum atomic E-state index is -1.03. The summed E-state index contributed by atoms with van der Waals surface area (Å²) >= 11 is 0. The number of ether oxygens (including phenoxy) is 5. The van der Waals surface area contributed by atoms with Crippen molar-refractivity contribution in [2.75, 3.05) is 59.1 Å². The van der Waals surface area contributed by atoms with Crippen LogP contribution in [0.4, 0.5) is 25.8 Å². The first-order chi connectivity index (χ1) is 46.2. The number of hydrogen-bond donors (Lipinski definition) is 8. The number of nitrogens with one attached hydrogen (secondary N) is 7. The number of unbranched alkanes of at least 4 members (excludes halogenated alkanes) is 1. The molecule has 26 nitrogen and oxygen atoms in total. The molecule has 1 saturated heterocycles. The average Bonchev–Trinajstić information content (AvgIpc) is 1.58. The number of rotatable bonds is 37. The van der Waals surface area contributed by atoms with Crippen LogP contribution in [0, 0.1) is 29.6 Å². The molecule has 0 aliphatic carbocycles. The molecule has 0 aromatic heterocycles. The first-order valence-electron chi connectivity index (χ1n) is 34.0. The third-order valence-corrected chi connectivity index (χ3v) is 17.6. The Labute approximate surface area is 579 Å². The molecule has 10 amide bonds. The van der Waals surface area contributed by atoms with Gasteiger partial charge in [-0.05, 0) is 125 Å². The van der Waals surface area contributed by atoms with Gasteiger partial charge in [-0.15, -0.1) is 0 Å². The van der Waals surface area contributed by atoms with Crippen molar-refractivity contribution in [2.24, 2.45) is 35.3 Å². The number of alkyl carbamates (subject to hydrolysis) is 1. The monoisotopic (exact) mass is 1370 g/mol. The van der Waals surface area contributed by atoms with Gasteiger partial charge in [0.2, 0.25) is 35.4 Å². The van der Waals surface area contributed by atoms with Crippen LogP contribution in [0.3, 0.4) is 0 Å². The predicted molar refractivity (Wildman–Crippen MR) is 374 cm³/mol. The molecule has 544 valence electrons. The molecule has 0 bridgehead atoms. The summed E-state index contributed by atoms with van der Waals surface area (Å²) in [4.78, 5) is 140. The molecule has 1 unspecified atom stereocenters. The number of methoxy groups -OCH3 is 3. The normalized spacial score (nSPS) is 16.2. The van der Waals surface area contributed by atoms with Crippen LogP contribution >= 0.6 is 0 Å². The van der Waals surface area contributed by atoms with Crippen LogP contribution in [-0.2, 0) is 76.8 Å². The van der Waals surface area contributed by atoms with Crippen molar-refractivity contribution in [1.29, 1.82) is 0 Å². The van der Waals surface area contributed by atoms with E-state index in [4.69, 9.17) is 29.4 Å². The van der Waals surface area contributed by atoms with Crippen molar-refractivity contribution < 1.29 is 71.6 Å². The second-order valence-electron chi connectivity index (χ2n) is 27.5. The van der Waals surface area contributed by atoms with Gasteiger partial charge in [-0.1, -0.05) is 123 Å². The molecule has 11 atom stereocenters. The van der Waals surface area contributed by atoms with E-state index in [0.717, 1.165) is 11.1 Å². The van der Waals surface area contributed by atoms with E-state index in [9.17, 15) is 47.9 Å². The van der Waals surface area contributed by atoms with Crippen LogP contribution in [-0.4, -0.2) is 183 Å². The van der Waals surface area contributed by atoms with Crippen molar-refractivity contribution in [1.82, 2.24) is 41.3 Å². The maximum absolute atomic E-state index is 14.9. The van der Waals surface area contributed by atoms with Crippen molar-refractivity contribution in [3.8, 4) is 0 Å². The first-order valence-corrected chi connectivity index (χ1v) is 34.0. The van der Waals surface area contributed by atoms with E-state index in [1.807, 2.05) is 89.9 Å². The number of anilines is 2. The fraction of sp³-hybridized carbons (Fsp3) is 0.611. The number of primary amides is 1. The Hall–Kier alpha value is -8.36. The summed E-state index contributed by atoms with van der Waals surface area (Å²) in [5.41, 5.74) is 7.46. The van der Waals surface area contributed by atoms with Gasteiger partial charge in [-0.25, -0.2) is 19.2 Å². The number of amides is 10. The zero-order valence-corrected chi connectivity index (χ0v) is 60.6. The SMILES string of the molecule is CC[C@H](C)[C@@H]([C@@H](CC(=O)N1CCC[C@H]1[C@H](OC)[C@@H](C)C(=O)N[C@@H](Cc1ccccc1)C(=O)OC)OC)N(C)C(=O)[C@@H](NC(=O)[C@H](C(C)C)N(C)Cc1cccc(NC(=O)OCc2ccc(NC(=O)[C@H](CCCCNC(N)=O)NC(=O)C(NC(=O)OC(C)(C)C)C(C)C)cc2)c1)C(C)C. The standard InChI is InChI=1S/C72H111N11O15/c1-18-46(8)61(56(94-15)40-57(84)83-37-25-31-55(83)62(95-16)47(9)63(85)78-54(68(90)96-17)39-48-26-20-19-21-27-48)82(14)67(89)59(44(4)5)79-66(88)60(45(6)7)81(13)41-50-28-24-29-52(38-50)76-70(92)97-42-49-32-34-51(35-33-49)75-64(86)53(30-22-23-36-74-69(73)91)77-65(87)58(43(2)3)80-71(93)98-72(10,11)12/h19-21,24,26-29,32-35,38,43-47,53-56,58-62H,18,22-23,25,30-31,36-37,39-42H2,1-17H3,(H,75,86)(H,76,92)(H,77,87)(H,78,85)(H,79,88)(H,80,93)(H3,73,74,91)/t46-,47+,53-,54-,55-,56+,58?,59-,60-,61-,62+/m0/s1. The largest absolute Gasteiger partial charge is 0.467 e. The third kappa shape index (κ3) is 25.8. The Kier molecular flexibility index (Phi) is 33.4. The molecule has 0 saturated carbocycles. The molecule has 1 heterocycles. The van der Waals surface area contributed by atoms with Crippen molar-refractivity contribution in [3.05, 3.63) is 95.6 Å². The molecule has 3 aromatic rings. The number of urea groups is 1. The Morgan fingerprint density at radius 3 is 1.89 bits per heavy atom. The van der Waals surface area contributed by atoms with E-state index in [1.165, 1.54) is 21.3 Å². The fourth-order valence-corrected chi connectivity index (χ4v) is 12.3. The lowest BCUT2D eigenvalue weighted by Crippen LogP contribution is -2.60. The molecule has 1 fully saturated rings. The number of carbonyl (C=O) groups is 10. The molecule has 3 aromatic carbocycles. The van der Waals surface area contributed by atoms with Gasteiger partial charge in [0, 0.05) is 58.7 Å². The Morgan fingerprint density at radius 1 is 0.663 bits per heavy atom. The van der Waals surface area contributed by atoms with Crippen molar-refractivity contribution in [2.45, 2.75) is 208 Å². The number of esters is 1. The van der Waals surface area contributed by atoms with E-state index in [2.05, 4.69) is 37.2 Å². The van der Waals surface area contributed by atoms with E-state index in [1.54, 1.807) is 101 Å². The highest BCUT2D eigenvalue weighted by atomic mass is 16.6. The van der Waals surface area contributed by atoms with E-state index in [0.29, 0.717) is 55.6 Å². The number of carbonyl (C=O) groups excluding carboxylic acids is 10. The fourth-order valence-electron chi connectivity index (χ4n) is 12.3. The van der Waals surface area contributed by atoms with Crippen LogP contribution in [0.25, 0.3) is 0 Å². The summed E-state index contributed by atoms with van der Waals surface area (Å²) in [5.74, 6) is -4.86. The maximum atomic E-state index is 14.9. The van der Waals surface area contributed by atoms with Gasteiger partial charge in [-0.3, -0.25) is 39.0 Å². The molecule has 9 N–H and O–H groups in total. The maximum Gasteiger partial charge on any atom is 0.411 e. The predicted octanol–water partition coefficient (Wildman–Crippen LogP) is 7.66. The van der Waals surface area contributed by atoms with E-state index in [-0.39, 0.29) is 80.4 Å². The molecule has 98 heavy (non-hydrogen) atoms. The van der Waals surface area contributed by atoms with Crippen molar-refractivity contribution >= 4 is 71.0 Å². The highest BCUT2D eigenvalue weighted by Crippen LogP contribution is 2.31. The lowest BCUT2D eigenvalue weighted by molar-refractivity contribution is -0.149. The van der Waals surface area contributed by atoms with Crippen LogP contribution in [0.2, 0.25) is 0 Å². The topological polar surface area (TPSA) is 337 Å². The molecule has 26 heteroatoms. The van der Waals surface area contributed by atoms with Crippen molar-refractivity contribution in [3.63, 3.8) is 0 Å². The summed E-state index contributed by atoms with van der Waals surface area (Å²) in [7, 11) is 7.80. The minimum absolute atomic E-state index is 0.0779. The summed E-state index contributed by atoms with van der Waals surface area (Å²) in [5, 5.41) is 19.4. The van der Waals surface area contributed by atoms with Gasteiger partial charge in [0.05, 0.1) is 49.8 Å². The number of likely N-dealkylation sites (N-methyl/N-ethyl adjacent to an activating group) is 2. The lowest BCUT2D eigenvalue weighted by atomic mass is 9.89. The smallest absolute Gasteiger partial charge is 0.411 e. The highest BCUT2D eigenvalue weighted by Gasteiger charge is 2.44. The molecular formula is C72H111N11O15. The third-order valence-electron chi connectivity index (χ3n) is 17.6. The molecule has 1 aliphatic heterocycles. The first kappa shape index (κ1) is 82.1. The quantitative estimate of drug-likeness (QED) is 0.0156. The average molecular weight is 1370 g/mol. The van der Waals surface area contributed by atoms with Crippen LogP contribution in [0.5, 0.6) is 0 Å². The zero-order valence-electron chi connectivity index (χ0n) is 60.6. The Bertz CT molecular complexity index is 3090. The van der Waals surface area contributed by atoms with Gasteiger partial charge in [0.25, 0.3) is 0 Å². The van der Waals surface area contributed by atoms with Gasteiger partial charge in [-0.2, -0.15) is 0 Å². The van der Waals surface area contributed by atoms with Gasteiger partial charge in [0.1, 0.15) is 36.4 Å². The molecule has 1 aliphatic rings. The number of benzene rings is 3. The summed E-state index contributed by atoms with van der Waals surface area (Å²) < 4.78 is 28.1. The number of nitrogens with two attached hydrogens (primary N) is 1. The summed E-state index contributed by atoms with van der Waals surface area (Å²) in [6.45, 7) is 22.8. The molecule has 0 spiro atoms. The molecule has 0 radical (unpaired) electrons. The number of hydrogen-bond acceptors (Lipinski definition) is 16. The Morgan fingerprint density at radius 2 is 1.31 bits per heavy atom. The second kappa shape index (κ2) is 39.9. The van der Waals surface area contributed by atoms with Gasteiger partial charge < -0.3 is 71.1 Å². The molecule has 4 rings (SSSR count). The van der Waals surface area contributed by atoms with Crippen LogP contribution in [0.15, 0.2) is 78.9 Å². The Balaban J connectivity index is 1.39. The highest BCUT2D eigenvalue weighted by molar-refractivity contribution is 5.98. The number of likely N-dealkylation sites (tertiary alicyclic amines) is 1. The van der Waals surface area contributed by atoms with E-state index >= 15 is 0 Å². The lowest BCUT2D eigenvalue weighted by Gasteiger charge is -2.41. The molecular weight excluding hydrogens is 1260 g/mol. The van der Waals surface area contributed by atoms with Gasteiger partial charge in [0.15, 0.2) is 0 Å². The van der Waals surface area contributed by atoms with Crippen LogP contribution < -0.4 is 43.0 Å².